The molecule has 10 rings (SSSR count). The number of nitrogens with one attached hydrogen (secondary N) is 3. The number of ether oxygens (including phenoxy) is 1. The minimum absolute atomic E-state index is 0.00452. The van der Waals surface area contributed by atoms with Crippen LogP contribution in [0.4, 0.5) is 44.6 Å². The van der Waals surface area contributed by atoms with Gasteiger partial charge in [-0.1, -0.05) is 143 Å². The Hall–Kier alpha value is -6.67. The number of carbonyl (C=O) groups excluding carboxylic acids is 3. The highest BCUT2D eigenvalue weighted by Crippen LogP contribution is 2.31. The normalized spacial score (nSPS) is 16.8. The van der Waals surface area contributed by atoms with Crippen LogP contribution < -0.4 is 20.7 Å². The number of halogens is 4. The van der Waals surface area contributed by atoms with E-state index in [1.54, 1.807) is 11.0 Å². The highest BCUT2D eigenvalue weighted by molar-refractivity contribution is 14.1. The summed E-state index contributed by atoms with van der Waals surface area (Å²) in [7, 11) is 0. The van der Waals surface area contributed by atoms with Crippen LogP contribution in [0.15, 0.2) is 158 Å². The van der Waals surface area contributed by atoms with Gasteiger partial charge in [0.05, 0.1) is 0 Å². The summed E-state index contributed by atoms with van der Waals surface area (Å²) in [5.41, 5.74) is 8.23. The Bertz CT molecular complexity index is 3180. The van der Waals surface area contributed by atoms with Gasteiger partial charge in [-0.05, 0) is 197 Å². The zero-order chi connectivity index (χ0) is 66.1. The topological polar surface area (TPSA) is 116 Å². The second kappa shape index (κ2) is 36.8. The molecule has 6 amide bonds. The number of benzene rings is 6. The summed E-state index contributed by atoms with van der Waals surface area (Å²) in [5, 5.41) is 9.09. The number of alkyl halides is 3. The van der Waals surface area contributed by atoms with E-state index >= 15 is 0 Å². The Morgan fingerprint density at radius 3 is 1.20 bits per heavy atom. The molecule has 3 fully saturated rings. The third-order valence-corrected chi connectivity index (χ3v) is 19.7. The van der Waals surface area contributed by atoms with Crippen LogP contribution in [0.2, 0.25) is 0 Å². The Morgan fingerprint density at radius 1 is 0.473 bits per heavy atom. The number of anilines is 3. The van der Waals surface area contributed by atoms with E-state index in [0.29, 0.717) is 37.8 Å². The molecular weight excluding hydrogens is 1290 g/mol. The molecule has 93 heavy (non-hydrogen) atoms. The Morgan fingerprint density at radius 2 is 0.828 bits per heavy atom. The van der Waals surface area contributed by atoms with Gasteiger partial charge in [0.2, 0.25) is 0 Å². The maximum atomic E-state index is 13.4. The Labute approximate surface area is 566 Å². The van der Waals surface area contributed by atoms with Crippen LogP contribution in [0.5, 0.6) is 5.75 Å². The van der Waals surface area contributed by atoms with Crippen molar-refractivity contribution in [1.82, 2.24) is 29.4 Å². The second-order valence-electron chi connectivity index (χ2n) is 25.8. The highest BCUT2D eigenvalue weighted by atomic mass is 127. The van der Waals surface area contributed by atoms with Crippen molar-refractivity contribution in [3.05, 3.63) is 189 Å². The lowest BCUT2D eigenvalue weighted by atomic mass is 10.00. The average Bonchev–Trinajstić information content (AvgIpc) is 2.02. The first-order valence-electron chi connectivity index (χ1n) is 34.3. The number of aryl methyl sites for hydroxylation is 2. The van der Waals surface area contributed by atoms with Crippen molar-refractivity contribution in [2.45, 2.75) is 200 Å². The number of hydrogen-bond acceptors (Lipinski definition) is 7. The number of hydrogen-bond donors (Lipinski definition) is 3. The lowest BCUT2D eigenvalue weighted by molar-refractivity contribution is -0.274. The fourth-order valence-corrected chi connectivity index (χ4v) is 14.1. The van der Waals surface area contributed by atoms with Crippen molar-refractivity contribution in [3.63, 3.8) is 0 Å². The van der Waals surface area contributed by atoms with Gasteiger partial charge < -0.3 is 50.1 Å². The minimum atomic E-state index is -4.79. The largest absolute Gasteiger partial charge is 0.573 e. The van der Waals surface area contributed by atoms with E-state index in [1.165, 1.54) is 79.0 Å². The number of urea groups is 3. The van der Waals surface area contributed by atoms with E-state index in [4.69, 9.17) is 0 Å². The quantitative estimate of drug-likeness (QED) is 0.0580. The first kappa shape index (κ1) is 72.2. The van der Waals surface area contributed by atoms with Crippen molar-refractivity contribution >= 4 is 57.7 Å². The van der Waals surface area contributed by atoms with Crippen LogP contribution in [-0.2, 0) is 32.5 Å². The third-order valence-electron chi connectivity index (χ3n) is 18.9. The molecule has 6 aromatic carbocycles. The third kappa shape index (κ3) is 23.1. The van der Waals surface area contributed by atoms with E-state index in [0.717, 1.165) is 118 Å². The van der Waals surface area contributed by atoms with Gasteiger partial charge in [-0.3, -0.25) is 0 Å². The molecule has 17 heteroatoms. The second-order valence-corrected chi connectivity index (χ2v) is 27.0. The van der Waals surface area contributed by atoms with Crippen LogP contribution in [0, 0.1) is 3.57 Å². The predicted molar refractivity (Wildman–Crippen MR) is 381 cm³/mol. The molecule has 3 N–H and O–H groups in total. The molecule has 0 spiro atoms. The number of amides is 6. The standard InChI is InChI=1S/C27H37N3O.C25H32F3N3O2.C24H32IN3O/c1-3-8-21(2)29-17-15-26(16-18-29)30(20-22-9-5-4-6-10-22)27(31)28-25-14-13-23-11-7-12-24(23)19-25;1-3-8-19(2)30-15-13-22(14-16-30)31(18-20-9-5-4-6-10-20)24(32)29-21-11-7-12-23(17-21)33-25(26,27)28;1-3-7-19(2)27-16-14-23(15-17-27)28(18-20-8-5-4-6-9-20)24(29)26-22-12-10-21(25)11-13-22/h4-6,9-10,13-14,19,21,26H,3,7-8,11-12,15-18,20H2,1-2H3,(H,28,31);4-7,9-12,17,19,22H,3,8,13-16,18H2,1-2H3,(H,29,32);4-6,8-13,19,23H,3,7,14-18H2,1-2H3,(H,26,29). The lowest BCUT2D eigenvalue weighted by Gasteiger charge is -2.40. The van der Waals surface area contributed by atoms with Crippen LogP contribution in [-0.4, -0.2) is 129 Å². The molecule has 1 aliphatic carbocycles. The molecular formula is C76H101F3IN9O4. The lowest BCUT2D eigenvalue weighted by Crippen LogP contribution is -2.50. The maximum absolute atomic E-state index is 13.4. The minimum Gasteiger partial charge on any atom is -0.406 e. The summed E-state index contributed by atoms with van der Waals surface area (Å²) in [6.45, 7) is 21.4. The molecule has 6 aromatic rings. The number of piperidine rings is 3. The van der Waals surface area contributed by atoms with E-state index in [2.05, 4.69) is 159 Å². The summed E-state index contributed by atoms with van der Waals surface area (Å²) >= 11 is 2.28. The van der Waals surface area contributed by atoms with Crippen molar-refractivity contribution < 1.29 is 32.3 Å². The van der Waals surface area contributed by atoms with E-state index in [1.807, 2.05) is 83.8 Å². The van der Waals surface area contributed by atoms with Crippen LogP contribution in [0.1, 0.15) is 153 Å². The highest BCUT2D eigenvalue weighted by Gasteiger charge is 2.34. The van der Waals surface area contributed by atoms with E-state index < -0.39 is 6.36 Å². The summed E-state index contributed by atoms with van der Waals surface area (Å²) in [5.74, 6) is -0.367. The zero-order valence-corrected chi connectivity index (χ0v) is 57.9. The number of carbonyl (C=O) groups is 3. The predicted octanol–water partition coefficient (Wildman–Crippen LogP) is 18.1. The molecule has 0 aromatic heterocycles. The smallest absolute Gasteiger partial charge is 0.406 e. The SMILES string of the molecule is CCCC(C)N1CCC(N(Cc2ccccc2)C(=O)Nc2ccc(I)cc2)CC1.CCCC(C)N1CCC(N(Cc2ccccc2)C(=O)Nc2ccc3c(c2)CCC3)CC1.CCCC(C)N1CCC(N(Cc2ccccc2)C(=O)Nc2cccc(OC(F)(F)F)c2)CC1. The number of fused-ring (bicyclic) bond motifs is 1. The molecule has 3 atom stereocenters. The Kier molecular flexibility index (Phi) is 28.6. The van der Waals surface area contributed by atoms with E-state index in [9.17, 15) is 27.6 Å². The molecule has 0 bridgehead atoms. The fraction of sp³-hybridized carbons (Fsp3) is 0.487. The molecule has 0 saturated carbocycles. The van der Waals surface area contributed by atoms with Gasteiger partial charge in [0.25, 0.3) is 0 Å². The average molecular weight is 1390 g/mol. The summed E-state index contributed by atoms with van der Waals surface area (Å²) in [6.07, 6.45) is 11.8. The van der Waals surface area contributed by atoms with Gasteiger partial charge in [0, 0.05) is 122 Å². The summed E-state index contributed by atoms with van der Waals surface area (Å²) < 4.78 is 42.8. The van der Waals surface area contributed by atoms with Gasteiger partial charge in [0.15, 0.2) is 0 Å². The molecule has 4 aliphatic rings. The zero-order valence-electron chi connectivity index (χ0n) is 55.8. The summed E-state index contributed by atoms with van der Waals surface area (Å²) in [4.78, 5) is 53.5. The maximum Gasteiger partial charge on any atom is 0.573 e. The van der Waals surface area contributed by atoms with Crippen molar-refractivity contribution in [3.8, 4) is 5.75 Å². The number of likely N-dealkylation sites (tertiary alicyclic amines) is 3. The van der Waals surface area contributed by atoms with Gasteiger partial charge in [-0.2, -0.15) is 0 Å². The molecule has 502 valence electrons. The fourth-order valence-electron chi connectivity index (χ4n) is 13.7. The first-order valence-corrected chi connectivity index (χ1v) is 35.3. The van der Waals surface area contributed by atoms with Crippen LogP contribution in [0.25, 0.3) is 0 Å². The van der Waals surface area contributed by atoms with Crippen molar-refractivity contribution in [2.75, 3.05) is 55.2 Å². The van der Waals surface area contributed by atoms with Crippen LogP contribution >= 0.6 is 22.6 Å². The summed E-state index contributed by atoms with van der Waals surface area (Å²) in [6, 6.07) is 52.2. The number of nitrogens with zero attached hydrogens (tertiary/aromatic N) is 6. The monoisotopic (exact) mass is 1390 g/mol. The number of rotatable bonds is 22. The molecule has 3 aliphatic heterocycles. The van der Waals surface area contributed by atoms with Crippen molar-refractivity contribution in [1.29, 1.82) is 0 Å². The molecule has 0 radical (unpaired) electrons. The van der Waals surface area contributed by atoms with Gasteiger partial charge in [0.1, 0.15) is 5.75 Å². The van der Waals surface area contributed by atoms with E-state index in [-0.39, 0.29) is 47.7 Å². The molecule has 3 saturated heterocycles. The van der Waals surface area contributed by atoms with Gasteiger partial charge >= 0.3 is 24.5 Å². The van der Waals surface area contributed by atoms with Gasteiger partial charge in [-0.15, -0.1) is 13.2 Å². The molecule has 3 heterocycles. The first-order chi connectivity index (χ1) is 44.9. The molecule has 13 nitrogen and oxygen atoms in total. The Balaban J connectivity index is 0.000000180. The molecule has 3 unspecified atom stereocenters. The van der Waals surface area contributed by atoms with Crippen LogP contribution in [0.3, 0.4) is 0 Å². The van der Waals surface area contributed by atoms with Gasteiger partial charge in [-0.25, -0.2) is 14.4 Å². The van der Waals surface area contributed by atoms with Crippen molar-refractivity contribution in [2.24, 2.45) is 0 Å².